The molecule has 1 aliphatic heterocycles. The minimum Gasteiger partial charge on any atom is -0.348 e. The lowest BCUT2D eigenvalue weighted by molar-refractivity contribution is 0.0685. The first-order chi connectivity index (χ1) is 15.2. The summed E-state index contributed by atoms with van der Waals surface area (Å²) < 4.78 is 3.50. The third-order valence-electron chi connectivity index (χ3n) is 5.40. The maximum atomic E-state index is 13.5. The Labute approximate surface area is 180 Å². The van der Waals surface area contributed by atoms with Crippen LogP contribution in [0.15, 0.2) is 49.1 Å². The minimum absolute atomic E-state index is 0.185. The topological polar surface area (TPSA) is 110 Å². The first kappa shape index (κ1) is 18.0. The summed E-state index contributed by atoms with van der Waals surface area (Å²) in [5.74, 6) is -0.185. The Morgan fingerprint density at radius 2 is 2.13 bits per heavy atom. The molecule has 1 aliphatic rings. The number of nitrogens with one attached hydrogen (secondary N) is 1. The zero-order chi connectivity index (χ0) is 20.9. The lowest BCUT2D eigenvalue weighted by Crippen LogP contribution is -2.41. The summed E-state index contributed by atoms with van der Waals surface area (Å²) in [7, 11) is 1.84. The molecule has 0 spiro atoms. The molecule has 5 aromatic rings. The average molecular weight is 431 g/mol. The second kappa shape index (κ2) is 6.84. The average Bonchev–Trinajstić information content (AvgIpc) is 3.57. The number of aryl methyl sites for hydroxylation is 1. The van der Waals surface area contributed by atoms with E-state index in [1.807, 2.05) is 54.3 Å². The summed E-state index contributed by atoms with van der Waals surface area (Å²) in [6, 6.07) is 9.32. The number of fused-ring (bicyclic) bond motifs is 2. The van der Waals surface area contributed by atoms with Crippen LogP contribution in [0.3, 0.4) is 0 Å². The van der Waals surface area contributed by atoms with E-state index in [0.29, 0.717) is 28.7 Å². The van der Waals surface area contributed by atoms with Gasteiger partial charge >= 0.3 is 0 Å². The molecular weight excluding hydrogens is 414 g/mol. The van der Waals surface area contributed by atoms with Crippen LogP contribution in [-0.4, -0.2) is 56.9 Å². The SMILES string of the molecule is Cn1ccc(-c2nnc(C(=O)N3CCc4[nH]cnc4[C@@H]3c3cc4ccccn4n3)s2)n1. The lowest BCUT2D eigenvalue weighted by atomic mass is 9.99. The van der Waals surface area contributed by atoms with Gasteiger partial charge in [-0.15, -0.1) is 10.2 Å². The molecule has 0 saturated carbocycles. The van der Waals surface area contributed by atoms with Gasteiger partial charge in [0.05, 0.1) is 23.2 Å². The van der Waals surface area contributed by atoms with Gasteiger partial charge < -0.3 is 9.88 Å². The molecular formula is C20H17N9OS. The number of carbonyl (C=O) groups excluding carboxylic acids is 1. The van der Waals surface area contributed by atoms with E-state index < -0.39 is 6.04 Å². The largest absolute Gasteiger partial charge is 0.348 e. The van der Waals surface area contributed by atoms with Crippen LogP contribution in [0.25, 0.3) is 16.2 Å². The smallest absolute Gasteiger partial charge is 0.285 e. The Hall–Kier alpha value is -3.86. The highest BCUT2D eigenvalue weighted by atomic mass is 32.1. The third-order valence-corrected chi connectivity index (χ3v) is 6.33. The van der Waals surface area contributed by atoms with Gasteiger partial charge in [0, 0.05) is 38.1 Å². The third kappa shape index (κ3) is 2.93. The molecule has 0 fully saturated rings. The van der Waals surface area contributed by atoms with Gasteiger partial charge in [-0.25, -0.2) is 9.50 Å². The number of carbonyl (C=O) groups is 1. The van der Waals surface area contributed by atoms with Gasteiger partial charge in [-0.2, -0.15) is 10.2 Å². The summed E-state index contributed by atoms with van der Waals surface area (Å²) in [4.78, 5) is 23.0. The fraction of sp³-hybridized carbons (Fsp3) is 0.200. The van der Waals surface area contributed by atoms with E-state index in [-0.39, 0.29) is 5.91 Å². The fourth-order valence-electron chi connectivity index (χ4n) is 3.95. The highest BCUT2D eigenvalue weighted by Gasteiger charge is 2.37. The molecule has 6 rings (SSSR count). The van der Waals surface area contributed by atoms with Crippen molar-refractivity contribution in [2.24, 2.45) is 7.05 Å². The van der Waals surface area contributed by atoms with E-state index in [0.717, 1.165) is 22.6 Å². The summed E-state index contributed by atoms with van der Waals surface area (Å²) in [6.45, 7) is 0.533. The minimum atomic E-state index is -0.399. The van der Waals surface area contributed by atoms with Crippen LogP contribution >= 0.6 is 11.3 Å². The van der Waals surface area contributed by atoms with Crippen molar-refractivity contribution in [1.82, 2.24) is 44.5 Å². The molecule has 0 unspecified atom stereocenters. The summed E-state index contributed by atoms with van der Waals surface area (Å²) in [6.07, 6.45) is 6.09. The van der Waals surface area contributed by atoms with Crippen LogP contribution in [0.4, 0.5) is 0 Å². The lowest BCUT2D eigenvalue weighted by Gasteiger charge is -2.33. The zero-order valence-corrected chi connectivity index (χ0v) is 17.3. The molecule has 6 heterocycles. The number of hydrogen-bond donors (Lipinski definition) is 1. The zero-order valence-electron chi connectivity index (χ0n) is 16.5. The molecule has 11 heteroatoms. The van der Waals surface area contributed by atoms with Crippen molar-refractivity contribution in [2.45, 2.75) is 12.5 Å². The van der Waals surface area contributed by atoms with Crippen molar-refractivity contribution in [3.05, 3.63) is 71.1 Å². The number of H-pyrrole nitrogens is 1. The highest BCUT2D eigenvalue weighted by molar-refractivity contribution is 7.16. The van der Waals surface area contributed by atoms with Gasteiger partial charge in [0.2, 0.25) is 5.01 Å². The molecule has 0 bridgehead atoms. The predicted octanol–water partition coefficient (Wildman–Crippen LogP) is 2.10. The molecule has 0 aromatic carbocycles. The van der Waals surface area contributed by atoms with E-state index in [1.54, 1.807) is 15.9 Å². The van der Waals surface area contributed by atoms with Crippen LogP contribution in [0.2, 0.25) is 0 Å². The molecule has 10 nitrogen and oxygen atoms in total. The Balaban J connectivity index is 1.40. The second-order valence-corrected chi connectivity index (χ2v) is 8.32. The fourth-order valence-corrected chi connectivity index (χ4v) is 4.72. The van der Waals surface area contributed by atoms with E-state index >= 15 is 0 Å². The van der Waals surface area contributed by atoms with Gasteiger partial charge in [0.15, 0.2) is 5.01 Å². The Bertz CT molecular complexity index is 1380. The van der Waals surface area contributed by atoms with Crippen LogP contribution in [0, 0.1) is 0 Å². The molecule has 0 saturated heterocycles. The van der Waals surface area contributed by atoms with Crippen molar-refractivity contribution < 1.29 is 4.79 Å². The van der Waals surface area contributed by atoms with Crippen LogP contribution in [-0.2, 0) is 13.5 Å². The maximum Gasteiger partial charge on any atom is 0.285 e. The van der Waals surface area contributed by atoms with Gasteiger partial charge in [-0.1, -0.05) is 17.4 Å². The summed E-state index contributed by atoms with van der Waals surface area (Å²) >= 11 is 1.24. The normalized spacial score (nSPS) is 16.0. The second-order valence-electron chi connectivity index (χ2n) is 7.34. The van der Waals surface area contributed by atoms with Crippen molar-refractivity contribution in [1.29, 1.82) is 0 Å². The Kier molecular flexibility index (Phi) is 3.96. The number of rotatable bonds is 3. The predicted molar refractivity (Wildman–Crippen MR) is 112 cm³/mol. The van der Waals surface area contributed by atoms with E-state index in [1.165, 1.54) is 11.3 Å². The maximum absolute atomic E-state index is 13.5. The summed E-state index contributed by atoms with van der Waals surface area (Å²) in [5, 5.41) is 18.4. The number of pyridine rings is 1. The van der Waals surface area contributed by atoms with Crippen molar-refractivity contribution >= 4 is 22.8 Å². The van der Waals surface area contributed by atoms with Crippen LogP contribution < -0.4 is 0 Å². The highest BCUT2D eigenvalue weighted by Crippen LogP contribution is 2.35. The Morgan fingerprint density at radius 3 is 2.97 bits per heavy atom. The molecule has 1 N–H and O–H groups in total. The van der Waals surface area contributed by atoms with Crippen molar-refractivity contribution in [3.8, 4) is 10.7 Å². The molecule has 0 radical (unpaired) electrons. The van der Waals surface area contributed by atoms with E-state index in [4.69, 9.17) is 5.10 Å². The van der Waals surface area contributed by atoms with E-state index in [2.05, 4.69) is 25.3 Å². The summed E-state index contributed by atoms with van der Waals surface area (Å²) in [5.41, 5.74) is 4.27. The standard InChI is InChI=1S/C20H17N9OS/c1-27-8-5-14(25-27)18-23-24-19(31-18)20(30)28-9-6-13-16(22-11-21-13)17(28)15-10-12-4-2-3-7-29(12)26-15/h2-5,7-8,10-11,17H,6,9H2,1H3,(H,21,22)/t17-/m0/s1. The van der Waals surface area contributed by atoms with Gasteiger partial charge in [-0.3, -0.25) is 9.48 Å². The van der Waals surface area contributed by atoms with Gasteiger partial charge in [0.25, 0.3) is 5.91 Å². The van der Waals surface area contributed by atoms with Gasteiger partial charge in [-0.05, 0) is 24.3 Å². The first-order valence-electron chi connectivity index (χ1n) is 9.78. The Morgan fingerprint density at radius 1 is 1.19 bits per heavy atom. The van der Waals surface area contributed by atoms with Crippen molar-refractivity contribution in [2.75, 3.05) is 6.54 Å². The first-order valence-corrected chi connectivity index (χ1v) is 10.6. The van der Waals surface area contributed by atoms with Crippen molar-refractivity contribution in [3.63, 3.8) is 0 Å². The number of nitrogens with zero attached hydrogens (tertiary/aromatic N) is 8. The van der Waals surface area contributed by atoms with Gasteiger partial charge in [0.1, 0.15) is 11.7 Å². The number of hydrogen-bond acceptors (Lipinski definition) is 7. The molecule has 1 atom stereocenters. The van der Waals surface area contributed by atoms with Crippen LogP contribution in [0.5, 0.6) is 0 Å². The molecule has 5 aromatic heterocycles. The van der Waals surface area contributed by atoms with Crippen LogP contribution in [0.1, 0.15) is 32.9 Å². The molecule has 154 valence electrons. The molecule has 31 heavy (non-hydrogen) atoms. The number of imidazole rings is 1. The number of aromatic amines is 1. The molecule has 1 amide bonds. The van der Waals surface area contributed by atoms with E-state index in [9.17, 15) is 4.79 Å². The molecule has 0 aliphatic carbocycles. The number of amides is 1. The monoisotopic (exact) mass is 431 g/mol. The quantitative estimate of drug-likeness (QED) is 0.468. The number of aromatic nitrogens is 8.